The second-order valence-electron chi connectivity index (χ2n) is 27.2. The average molecular weight is 1390 g/mol. The van der Waals surface area contributed by atoms with Crippen molar-refractivity contribution in [2.75, 3.05) is 26.2 Å². The molecule has 0 saturated heterocycles. The minimum absolute atomic E-state index is 0.0905. The minimum atomic E-state index is -0.0905. The van der Waals surface area contributed by atoms with Gasteiger partial charge in [-0.05, 0) is 147 Å². The van der Waals surface area contributed by atoms with Gasteiger partial charge >= 0.3 is 0 Å². The highest BCUT2D eigenvalue weighted by molar-refractivity contribution is 7.27. The molecule has 0 saturated carbocycles. The largest absolute Gasteiger partial charge is 0.455 e. The van der Waals surface area contributed by atoms with Crippen molar-refractivity contribution in [1.82, 2.24) is 19.6 Å². The van der Waals surface area contributed by atoms with Crippen molar-refractivity contribution in [3.8, 4) is 40.8 Å². The van der Waals surface area contributed by atoms with Gasteiger partial charge in [0, 0.05) is 56.5 Å². The number of furan rings is 2. The molecule has 506 valence electrons. The van der Waals surface area contributed by atoms with E-state index in [1.165, 1.54) is 11.1 Å². The van der Waals surface area contributed by atoms with Crippen molar-refractivity contribution in [1.29, 1.82) is 0 Å². The van der Waals surface area contributed by atoms with Gasteiger partial charge < -0.3 is 28.4 Å². The smallest absolute Gasteiger partial charge is 0.261 e. The van der Waals surface area contributed by atoms with Gasteiger partial charge in [0.05, 0.1) is 74.3 Å². The quantitative estimate of drug-likeness (QED) is 0.0416. The molecule has 4 unspecified atom stereocenters. The summed E-state index contributed by atoms with van der Waals surface area (Å²) in [6.45, 7) is 24.4. The molecule has 0 aliphatic carbocycles. The molecule has 0 bridgehead atoms. The molecule has 15 heteroatoms. The van der Waals surface area contributed by atoms with Crippen LogP contribution >= 0.6 is 56.7 Å². The van der Waals surface area contributed by atoms with E-state index in [0.29, 0.717) is 48.5 Å². The van der Waals surface area contributed by atoms with Gasteiger partial charge in [0.25, 0.3) is 23.6 Å². The van der Waals surface area contributed by atoms with Gasteiger partial charge in [0.1, 0.15) is 22.7 Å². The van der Waals surface area contributed by atoms with Crippen LogP contribution in [0.5, 0.6) is 0 Å². The van der Waals surface area contributed by atoms with E-state index in [4.69, 9.17) is 8.83 Å². The number of amides is 4. The summed E-state index contributed by atoms with van der Waals surface area (Å²) in [5, 5.41) is 2.06. The SMILES string of the molecule is CCCCC(CC)CN1C(=O)C2=C(c3ccc(-c4sc(-c5ccc(C6=C7C(=O)N(CC(CC)CCCC)C(c8ccc(-c9cc%10ccccc%10o9)s8)=C7C(=O)N6CC(CC)CCCC)s5)c(C)c4C)s3)N(CC(CC)CCCC)C(=O)C2=C1c1ccc(-c2cc3ccccc3o2)s1. The number of benzene rings is 2. The summed E-state index contributed by atoms with van der Waals surface area (Å²) >= 11 is 8.29. The number of carbonyl (C=O) groups is 4. The van der Waals surface area contributed by atoms with Crippen LogP contribution in [-0.4, -0.2) is 69.4 Å². The van der Waals surface area contributed by atoms with Crippen molar-refractivity contribution >= 4 is 125 Å². The molecule has 4 amide bonds. The van der Waals surface area contributed by atoms with E-state index < -0.39 is 0 Å². The first-order valence-electron chi connectivity index (χ1n) is 36.0. The molecule has 0 N–H and O–H groups in total. The Morgan fingerprint density at radius 3 is 0.887 bits per heavy atom. The maximum absolute atomic E-state index is 15.8. The third-order valence-electron chi connectivity index (χ3n) is 20.9. The van der Waals surface area contributed by atoms with E-state index in [-0.39, 0.29) is 47.3 Å². The first kappa shape index (κ1) is 68.4. The molecule has 2 aromatic carbocycles. The lowest BCUT2D eigenvalue weighted by Crippen LogP contribution is -2.34. The van der Waals surface area contributed by atoms with E-state index in [9.17, 15) is 0 Å². The molecular weight excluding hydrogens is 1300 g/mol. The van der Waals surface area contributed by atoms with E-state index in [2.05, 4.69) is 142 Å². The van der Waals surface area contributed by atoms with Crippen molar-refractivity contribution in [3.05, 3.63) is 162 Å². The fourth-order valence-corrected chi connectivity index (χ4v) is 20.7. The maximum atomic E-state index is 15.8. The van der Waals surface area contributed by atoms with Gasteiger partial charge in [-0.15, -0.1) is 56.7 Å². The predicted octanol–water partition coefficient (Wildman–Crippen LogP) is 23.3. The van der Waals surface area contributed by atoms with Crippen molar-refractivity contribution in [2.45, 2.75) is 172 Å². The Morgan fingerprint density at radius 1 is 0.340 bits per heavy atom. The number of hydrogen-bond acceptors (Lipinski definition) is 11. The fraction of sp³-hybridized carbons (Fsp3) is 0.415. The van der Waals surface area contributed by atoms with Crippen LogP contribution in [0.4, 0.5) is 0 Å². The van der Waals surface area contributed by atoms with E-state index in [0.717, 1.165) is 208 Å². The molecule has 97 heavy (non-hydrogen) atoms. The maximum Gasteiger partial charge on any atom is 0.261 e. The van der Waals surface area contributed by atoms with Crippen LogP contribution in [0.1, 0.15) is 189 Å². The van der Waals surface area contributed by atoms with Crippen LogP contribution in [0.15, 0.2) is 140 Å². The predicted molar refractivity (Wildman–Crippen MR) is 407 cm³/mol. The first-order valence-corrected chi connectivity index (χ1v) is 40.1. The summed E-state index contributed by atoms with van der Waals surface area (Å²) in [4.78, 5) is 81.1. The normalized spacial score (nSPS) is 16.4. The van der Waals surface area contributed by atoms with Crippen LogP contribution in [-0.2, 0) is 19.2 Å². The summed E-state index contributed by atoms with van der Waals surface area (Å²) in [5.74, 6) is 2.24. The van der Waals surface area contributed by atoms with Crippen LogP contribution in [0.2, 0.25) is 0 Å². The van der Waals surface area contributed by atoms with Crippen LogP contribution in [0.3, 0.4) is 0 Å². The zero-order valence-electron chi connectivity index (χ0n) is 58.1. The van der Waals surface area contributed by atoms with Crippen molar-refractivity contribution < 1.29 is 28.0 Å². The Labute approximate surface area is 593 Å². The minimum Gasteiger partial charge on any atom is -0.455 e. The van der Waals surface area contributed by atoms with Gasteiger partial charge in [0.2, 0.25) is 0 Å². The molecule has 4 aliphatic rings. The van der Waals surface area contributed by atoms with Gasteiger partial charge in [-0.1, -0.05) is 169 Å². The summed E-state index contributed by atoms with van der Waals surface area (Å²) < 4.78 is 12.8. The zero-order chi connectivity index (χ0) is 67.8. The van der Waals surface area contributed by atoms with Crippen molar-refractivity contribution in [2.24, 2.45) is 23.7 Å². The summed E-state index contributed by atoms with van der Waals surface area (Å²) in [6, 6.07) is 37.3. The molecule has 9 aromatic rings. The number of unbranched alkanes of at least 4 members (excludes halogenated alkanes) is 4. The Hall–Kier alpha value is -7.14. The zero-order valence-corrected chi connectivity index (χ0v) is 62.2. The molecule has 4 atom stereocenters. The monoisotopic (exact) mass is 1390 g/mol. The van der Waals surface area contributed by atoms with Crippen molar-refractivity contribution in [3.63, 3.8) is 0 Å². The lowest BCUT2D eigenvalue weighted by atomic mass is 9.98. The first-order chi connectivity index (χ1) is 47.2. The number of para-hydroxylation sites is 2. The fourth-order valence-electron chi connectivity index (χ4n) is 14.9. The molecular formula is C82H92N4O6S5. The number of rotatable bonds is 32. The topological polar surface area (TPSA) is 108 Å². The molecule has 4 aliphatic heterocycles. The van der Waals surface area contributed by atoms with Gasteiger partial charge in [-0.2, -0.15) is 0 Å². The molecule has 0 spiro atoms. The lowest BCUT2D eigenvalue weighted by Gasteiger charge is -2.29. The lowest BCUT2D eigenvalue weighted by molar-refractivity contribution is -0.124. The van der Waals surface area contributed by atoms with Crippen LogP contribution < -0.4 is 0 Å². The molecule has 10 nitrogen and oxygen atoms in total. The van der Waals surface area contributed by atoms with E-state index in [1.54, 1.807) is 56.7 Å². The summed E-state index contributed by atoms with van der Waals surface area (Å²) in [6.07, 6.45) is 16.3. The molecule has 0 fully saturated rings. The number of nitrogens with zero attached hydrogens (tertiary/aromatic N) is 4. The van der Waals surface area contributed by atoms with Crippen LogP contribution in [0.25, 0.3) is 85.5 Å². The van der Waals surface area contributed by atoms with E-state index >= 15 is 19.2 Å². The van der Waals surface area contributed by atoms with Gasteiger partial charge in [-0.3, -0.25) is 19.2 Å². The second-order valence-corrected chi connectivity index (χ2v) is 32.5. The van der Waals surface area contributed by atoms with E-state index in [1.807, 2.05) is 56.0 Å². The number of fused-ring (bicyclic) bond motifs is 4. The third kappa shape index (κ3) is 13.0. The molecule has 7 aromatic heterocycles. The number of carbonyl (C=O) groups excluding carboxylic acids is 4. The van der Waals surface area contributed by atoms with Crippen LogP contribution in [0, 0.1) is 37.5 Å². The number of thiophene rings is 5. The summed E-state index contributed by atoms with van der Waals surface area (Å²) in [5.41, 5.74) is 9.02. The Kier molecular flexibility index (Phi) is 21.0. The highest BCUT2D eigenvalue weighted by atomic mass is 32.1. The Balaban J connectivity index is 0.899. The highest BCUT2D eigenvalue weighted by Crippen LogP contribution is 2.55. The molecule has 13 rings (SSSR count). The molecule has 11 heterocycles. The average Bonchev–Trinajstić information content (AvgIpc) is 1.56. The number of hydrogen-bond donors (Lipinski definition) is 0. The molecule has 0 radical (unpaired) electrons. The second kappa shape index (κ2) is 29.7. The standard InChI is InChI=1S/C82H92N4O6S5/c1-11-19-27-51(15-5)45-83-73(63-37-35-61(93-63)59-43-55-31-23-25-33-57(55)91-59)69-71(81(83)89)75(85(79(69)87)47-53(17-7)29-21-13-3)65-39-41-67(95-65)77-49(9)50(10)78(97-77)68-42-40-66(96-68)76-72-70(80(88)86(76)48-54(18-8)30-22-14-4)74(84(82(72)90)46-52(16-6)28-20-12-2)64-38-36-62(94-64)60-44-56-32-24-26-34-58(56)92-60/h23-26,31-44,51-54H,11-22,27-30,45-48H2,1-10H3. The third-order valence-corrected chi connectivity index (χ3v) is 27.0. The van der Waals surface area contributed by atoms with Gasteiger partial charge in [0.15, 0.2) is 0 Å². The Bertz CT molecular complexity index is 4210. The van der Waals surface area contributed by atoms with Gasteiger partial charge in [-0.25, -0.2) is 0 Å². The summed E-state index contributed by atoms with van der Waals surface area (Å²) in [7, 11) is 0. The highest BCUT2D eigenvalue weighted by Gasteiger charge is 2.52. The Morgan fingerprint density at radius 2 is 0.608 bits per heavy atom.